The van der Waals surface area contributed by atoms with Crippen molar-refractivity contribution in [3.8, 4) is 6.07 Å². The summed E-state index contributed by atoms with van der Waals surface area (Å²) in [6.45, 7) is 0.191. The van der Waals surface area contributed by atoms with Gasteiger partial charge >= 0.3 is 5.97 Å². The molecule has 0 saturated carbocycles. The Morgan fingerprint density at radius 3 is 2.75 bits per heavy atom. The van der Waals surface area contributed by atoms with Crippen molar-refractivity contribution in [3.05, 3.63) is 28.2 Å². The molecule has 0 spiro atoms. The highest BCUT2D eigenvalue weighted by Crippen LogP contribution is 2.28. The molecule has 0 bridgehead atoms. The van der Waals surface area contributed by atoms with Gasteiger partial charge in [0.15, 0.2) is 0 Å². The van der Waals surface area contributed by atoms with Gasteiger partial charge < -0.3 is 5.11 Å². The summed E-state index contributed by atoms with van der Waals surface area (Å²) < 4.78 is 26.3. The maximum Gasteiger partial charge on any atom is 0.322 e. The van der Waals surface area contributed by atoms with Crippen LogP contribution in [0.25, 0.3) is 0 Å². The average Bonchev–Trinajstić information content (AvgIpc) is 2.88. The quantitative estimate of drug-likeness (QED) is 0.883. The summed E-state index contributed by atoms with van der Waals surface area (Å²) >= 11 is 3.13. The maximum atomic E-state index is 12.5. The first-order valence-corrected chi connectivity index (χ1v) is 8.05. The first-order valence-electron chi connectivity index (χ1n) is 5.82. The molecule has 1 atom stereocenters. The molecule has 1 aromatic carbocycles. The van der Waals surface area contributed by atoms with E-state index < -0.39 is 22.0 Å². The van der Waals surface area contributed by atoms with E-state index in [2.05, 4.69) is 15.9 Å². The Kier molecular flexibility index (Phi) is 4.13. The standard InChI is InChI=1S/C12H11BrN2O4S/c13-10-6-9(4-3-8(10)7-14)20(18,19)15-5-1-2-11(15)12(16)17/h3-4,6,11H,1-2,5H2,(H,16,17)/t11-/m0/s1. The molecule has 1 fully saturated rings. The Morgan fingerprint density at radius 1 is 1.50 bits per heavy atom. The third kappa shape index (κ3) is 2.57. The molecule has 0 amide bonds. The highest BCUT2D eigenvalue weighted by Gasteiger charge is 2.39. The topological polar surface area (TPSA) is 98.5 Å². The van der Waals surface area contributed by atoms with Crippen LogP contribution in [-0.2, 0) is 14.8 Å². The Hall–Kier alpha value is -1.43. The number of sulfonamides is 1. The van der Waals surface area contributed by atoms with Crippen molar-refractivity contribution in [2.75, 3.05) is 6.54 Å². The zero-order chi connectivity index (χ0) is 14.9. The lowest BCUT2D eigenvalue weighted by atomic mass is 10.2. The van der Waals surface area contributed by atoms with Crippen molar-refractivity contribution in [2.24, 2.45) is 0 Å². The molecule has 1 aliphatic rings. The monoisotopic (exact) mass is 358 g/mol. The van der Waals surface area contributed by atoms with Crippen molar-refractivity contribution in [1.82, 2.24) is 4.31 Å². The molecule has 1 heterocycles. The van der Waals surface area contributed by atoms with Gasteiger partial charge in [-0.3, -0.25) is 4.79 Å². The molecular weight excluding hydrogens is 348 g/mol. The van der Waals surface area contributed by atoms with Gasteiger partial charge in [0, 0.05) is 11.0 Å². The molecular formula is C12H11BrN2O4S. The second kappa shape index (κ2) is 5.52. The molecule has 1 saturated heterocycles. The van der Waals surface area contributed by atoms with Gasteiger partial charge in [0.25, 0.3) is 0 Å². The molecule has 6 nitrogen and oxygen atoms in total. The van der Waals surface area contributed by atoms with Crippen LogP contribution in [0.15, 0.2) is 27.6 Å². The largest absolute Gasteiger partial charge is 0.480 e. The number of rotatable bonds is 3. The van der Waals surface area contributed by atoms with Crippen LogP contribution in [0.2, 0.25) is 0 Å². The predicted molar refractivity (Wildman–Crippen MR) is 73.4 cm³/mol. The Labute approximate surface area is 124 Å². The van der Waals surface area contributed by atoms with Crippen LogP contribution in [-0.4, -0.2) is 36.4 Å². The zero-order valence-corrected chi connectivity index (χ0v) is 12.7. The molecule has 106 valence electrons. The van der Waals surface area contributed by atoms with Crippen molar-refractivity contribution in [3.63, 3.8) is 0 Å². The van der Waals surface area contributed by atoms with Gasteiger partial charge in [0.1, 0.15) is 12.1 Å². The normalized spacial score (nSPS) is 19.7. The average molecular weight is 359 g/mol. The van der Waals surface area contributed by atoms with Crippen molar-refractivity contribution >= 4 is 31.9 Å². The highest BCUT2D eigenvalue weighted by atomic mass is 79.9. The molecule has 0 unspecified atom stereocenters. The van der Waals surface area contributed by atoms with Crippen LogP contribution in [0.5, 0.6) is 0 Å². The van der Waals surface area contributed by atoms with Crippen molar-refractivity contribution in [1.29, 1.82) is 5.26 Å². The van der Waals surface area contributed by atoms with Crippen LogP contribution in [0, 0.1) is 11.3 Å². The summed E-state index contributed by atoms with van der Waals surface area (Å²) in [4.78, 5) is 11.1. The number of nitrogens with zero attached hydrogens (tertiary/aromatic N) is 2. The van der Waals surface area contributed by atoms with Gasteiger partial charge in [-0.25, -0.2) is 8.42 Å². The lowest BCUT2D eigenvalue weighted by molar-refractivity contribution is -0.140. The maximum absolute atomic E-state index is 12.5. The van der Waals surface area contributed by atoms with Crippen molar-refractivity contribution in [2.45, 2.75) is 23.8 Å². The molecule has 1 aromatic rings. The first-order chi connectivity index (χ1) is 9.37. The molecule has 1 aliphatic heterocycles. The third-order valence-electron chi connectivity index (χ3n) is 3.16. The third-order valence-corrected chi connectivity index (χ3v) is 5.72. The predicted octanol–water partition coefficient (Wildman–Crippen LogP) is 1.56. The summed E-state index contributed by atoms with van der Waals surface area (Å²) in [7, 11) is -3.87. The number of aliphatic carboxylic acids is 1. The van der Waals surface area contributed by atoms with Gasteiger partial charge in [-0.1, -0.05) is 0 Å². The van der Waals surface area contributed by atoms with E-state index in [0.717, 1.165) is 4.31 Å². The minimum Gasteiger partial charge on any atom is -0.480 e. The summed E-state index contributed by atoms with van der Waals surface area (Å²) in [6.07, 6.45) is 0.833. The summed E-state index contributed by atoms with van der Waals surface area (Å²) in [5.41, 5.74) is 0.320. The molecule has 0 radical (unpaired) electrons. The van der Waals surface area contributed by atoms with Gasteiger partial charge in [0.2, 0.25) is 10.0 Å². The Bertz CT molecular complexity index is 696. The fraction of sp³-hybridized carbons (Fsp3) is 0.333. The number of carbonyl (C=O) groups is 1. The van der Waals surface area contributed by atoms with Gasteiger partial charge in [0.05, 0.1) is 10.5 Å². The van der Waals surface area contributed by atoms with E-state index in [-0.39, 0.29) is 11.4 Å². The fourth-order valence-corrected chi connectivity index (χ4v) is 4.45. The second-order valence-electron chi connectivity index (χ2n) is 4.37. The van der Waals surface area contributed by atoms with Gasteiger partial charge in [-0.15, -0.1) is 0 Å². The molecule has 20 heavy (non-hydrogen) atoms. The van der Waals surface area contributed by atoms with E-state index in [0.29, 0.717) is 22.9 Å². The zero-order valence-electron chi connectivity index (χ0n) is 10.3. The minimum absolute atomic E-state index is 0.0171. The number of benzene rings is 1. The van der Waals surface area contributed by atoms with Crippen LogP contribution in [0.3, 0.4) is 0 Å². The van der Waals surface area contributed by atoms with E-state index >= 15 is 0 Å². The number of nitriles is 1. The Morgan fingerprint density at radius 2 is 2.20 bits per heavy atom. The number of hydrogen-bond acceptors (Lipinski definition) is 4. The number of hydrogen-bond donors (Lipinski definition) is 1. The molecule has 2 rings (SSSR count). The van der Waals surface area contributed by atoms with E-state index in [9.17, 15) is 13.2 Å². The lowest BCUT2D eigenvalue weighted by Crippen LogP contribution is -2.40. The summed E-state index contributed by atoms with van der Waals surface area (Å²) in [6, 6.07) is 4.93. The number of carboxylic acid groups (broad SMARTS) is 1. The molecule has 8 heteroatoms. The van der Waals surface area contributed by atoms with E-state index in [1.807, 2.05) is 6.07 Å². The van der Waals surface area contributed by atoms with Crippen molar-refractivity contribution < 1.29 is 18.3 Å². The summed E-state index contributed by atoms with van der Waals surface area (Å²) in [5.74, 6) is -1.14. The molecule has 1 N–H and O–H groups in total. The number of carboxylic acids is 1. The first kappa shape index (κ1) is 15.0. The SMILES string of the molecule is N#Cc1ccc(S(=O)(=O)N2CCC[C@H]2C(=O)O)cc1Br. The van der Waals surface area contributed by atoms with Crippen LogP contribution < -0.4 is 0 Å². The van der Waals surface area contributed by atoms with Crippen LogP contribution in [0.4, 0.5) is 0 Å². The van der Waals surface area contributed by atoms with Crippen LogP contribution >= 0.6 is 15.9 Å². The fourth-order valence-electron chi connectivity index (χ4n) is 2.16. The van der Waals surface area contributed by atoms with Gasteiger partial charge in [-0.05, 0) is 47.0 Å². The molecule has 0 aliphatic carbocycles. The second-order valence-corrected chi connectivity index (χ2v) is 7.11. The lowest BCUT2D eigenvalue weighted by Gasteiger charge is -2.21. The summed E-state index contributed by atoms with van der Waals surface area (Å²) in [5, 5.41) is 17.9. The highest BCUT2D eigenvalue weighted by molar-refractivity contribution is 9.10. The minimum atomic E-state index is -3.87. The molecule has 0 aromatic heterocycles. The van der Waals surface area contributed by atoms with E-state index in [1.165, 1.54) is 18.2 Å². The smallest absolute Gasteiger partial charge is 0.322 e. The number of halogens is 1. The Balaban J connectivity index is 2.43. The van der Waals surface area contributed by atoms with E-state index in [4.69, 9.17) is 10.4 Å². The van der Waals surface area contributed by atoms with Gasteiger partial charge in [-0.2, -0.15) is 9.57 Å². The van der Waals surface area contributed by atoms with E-state index in [1.54, 1.807) is 0 Å². The van der Waals surface area contributed by atoms with Crippen LogP contribution in [0.1, 0.15) is 18.4 Å².